The summed E-state index contributed by atoms with van der Waals surface area (Å²) in [6.07, 6.45) is 0. The quantitative estimate of drug-likeness (QED) is 0.184. The summed E-state index contributed by atoms with van der Waals surface area (Å²) in [7, 11) is 0. The van der Waals surface area contributed by atoms with Gasteiger partial charge in [0, 0.05) is 16.7 Å². The summed E-state index contributed by atoms with van der Waals surface area (Å²) < 4.78 is 0. The van der Waals surface area contributed by atoms with E-state index in [4.69, 9.17) is 15.0 Å². The van der Waals surface area contributed by atoms with Crippen molar-refractivity contribution in [1.29, 1.82) is 5.26 Å². The van der Waals surface area contributed by atoms with E-state index in [1.54, 1.807) is 0 Å². The van der Waals surface area contributed by atoms with Gasteiger partial charge in [-0.2, -0.15) is 5.26 Å². The van der Waals surface area contributed by atoms with Crippen molar-refractivity contribution in [3.63, 3.8) is 0 Å². The fraction of sp³-hybridized carbons (Fsp3) is 0. The van der Waals surface area contributed by atoms with Crippen molar-refractivity contribution in [3.05, 3.63) is 175 Å². The molecule has 0 atom stereocenters. The van der Waals surface area contributed by atoms with E-state index in [9.17, 15) is 5.26 Å². The number of fused-ring (bicyclic) bond motifs is 4. The van der Waals surface area contributed by atoms with Gasteiger partial charge in [-0.1, -0.05) is 152 Å². The molecule has 4 nitrogen and oxygen atoms in total. The van der Waals surface area contributed by atoms with E-state index in [1.807, 2.05) is 78.9 Å². The zero-order valence-electron chi connectivity index (χ0n) is 28.0. The molecule has 1 heterocycles. The summed E-state index contributed by atoms with van der Waals surface area (Å²) in [5, 5.41) is 14.1. The number of nitriles is 1. The van der Waals surface area contributed by atoms with Crippen molar-refractivity contribution in [2.24, 2.45) is 0 Å². The Labute approximate surface area is 301 Å². The Hall–Kier alpha value is -7.22. The molecule has 4 heteroatoms. The van der Waals surface area contributed by atoms with Gasteiger partial charge in [0.25, 0.3) is 0 Å². The molecule has 52 heavy (non-hydrogen) atoms. The Morgan fingerprint density at radius 1 is 0.327 bits per heavy atom. The monoisotopic (exact) mass is 660 g/mol. The average molecular weight is 661 g/mol. The van der Waals surface area contributed by atoms with E-state index in [-0.39, 0.29) is 0 Å². The average Bonchev–Trinajstić information content (AvgIpc) is 3.55. The first-order valence-electron chi connectivity index (χ1n) is 17.3. The molecule has 0 aliphatic heterocycles. The molecule has 240 valence electrons. The van der Waals surface area contributed by atoms with Crippen molar-refractivity contribution in [3.8, 4) is 84.7 Å². The van der Waals surface area contributed by atoms with Crippen LogP contribution in [0.3, 0.4) is 0 Å². The summed E-state index contributed by atoms with van der Waals surface area (Å²) in [5.74, 6) is 1.92. The maximum Gasteiger partial charge on any atom is 0.164 e. The molecule has 0 unspecified atom stereocenters. The molecule has 1 aromatic heterocycles. The Morgan fingerprint density at radius 2 is 0.750 bits per heavy atom. The summed E-state index contributed by atoms with van der Waals surface area (Å²) in [6.45, 7) is 0. The van der Waals surface area contributed by atoms with E-state index in [0.717, 1.165) is 38.6 Å². The van der Waals surface area contributed by atoms with E-state index in [0.29, 0.717) is 23.0 Å². The lowest BCUT2D eigenvalue weighted by atomic mass is 9.88. The molecule has 0 bridgehead atoms. The van der Waals surface area contributed by atoms with Crippen molar-refractivity contribution < 1.29 is 0 Å². The number of hydrogen-bond acceptors (Lipinski definition) is 4. The molecule has 0 spiro atoms. The fourth-order valence-corrected chi connectivity index (χ4v) is 7.60. The zero-order chi connectivity index (χ0) is 34.6. The second kappa shape index (κ2) is 12.0. The largest absolute Gasteiger partial charge is 0.208 e. The van der Waals surface area contributed by atoms with Crippen LogP contribution in [0.1, 0.15) is 5.56 Å². The van der Waals surface area contributed by atoms with Crippen molar-refractivity contribution in [1.82, 2.24) is 15.0 Å². The lowest BCUT2D eigenvalue weighted by Crippen LogP contribution is -2.00. The van der Waals surface area contributed by atoms with Gasteiger partial charge in [0.15, 0.2) is 17.5 Å². The van der Waals surface area contributed by atoms with Gasteiger partial charge in [0.2, 0.25) is 0 Å². The molecule has 0 radical (unpaired) electrons. The van der Waals surface area contributed by atoms with Gasteiger partial charge in [0.05, 0.1) is 11.6 Å². The lowest BCUT2D eigenvalue weighted by Gasteiger charge is -2.16. The first kappa shape index (κ1) is 29.7. The first-order valence-corrected chi connectivity index (χ1v) is 17.3. The molecule has 0 N–H and O–H groups in total. The highest BCUT2D eigenvalue weighted by molar-refractivity contribution is 6.22. The third-order valence-corrected chi connectivity index (χ3v) is 10.1. The summed E-state index contributed by atoms with van der Waals surface area (Å²) >= 11 is 0. The number of hydrogen-bond donors (Lipinski definition) is 0. The van der Waals surface area contributed by atoms with Crippen LogP contribution in [0.5, 0.6) is 0 Å². The molecular weight excluding hydrogens is 633 g/mol. The smallest absolute Gasteiger partial charge is 0.164 e. The van der Waals surface area contributed by atoms with Crippen LogP contribution in [-0.4, -0.2) is 15.0 Å². The maximum atomic E-state index is 9.46. The highest BCUT2D eigenvalue weighted by Gasteiger charge is 2.25. The highest BCUT2D eigenvalue weighted by atomic mass is 15.0. The van der Waals surface area contributed by atoms with Crippen molar-refractivity contribution >= 4 is 21.5 Å². The minimum atomic E-state index is 0.631. The van der Waals surface area contributed by atoms with Crippen LogP contribution in [-0.2, 0) is 0 Å². The molecule has 10 rings (SSSR count). The van der Waals surface area contributed by atoms with Gasteiger partial charge >= 0.3 is 0 Å². The maximum absolute atomic E-state index is 9.46. The van der Waals surface area contributed by atoms with E-state index < -0.39 is 0 Å². The van der Waals surface area contributed by atoms with Crippen LogP contribution in [0.15, 0.2) is 170 Å². The number of benzene rings is 8. The molecule has 9 aromatic rings. The van der Waals surface area contributed by atoms with Gasteiger partial charge < -0.3 is 0 Å². The summed E-state index contributed by atoms with van der Waals surface area (Å²) in [4.78, 5) is 14.8. The number of aromatic nitrogens is 3. The first-order chi connectivity index (χ1) is 25.7. The van der Waals surface area contributed by atoms with E-state index >= 15 is 0 Å². The topological polar surface area (TPSA) is 62.5 Å². The zero-order valence-corrected chi connectivity index (χ0v) is 28.0. The van der Waals surface area contributed by atoms with Crippen LogP contribution in [0.4, 0.5) is 0 Å². The van der Waals surface area contributed by atoms with Gasteiger partial charge in [-0.25, -0.2) is 15.0 Å². The molecule has 0 saturated carbocycles. The predicted molar refractivity (Wildman–Crippen MR) is 211 cm³/mol. The Bertz CT molecular complexity index is 2800. The van der Waals surface area contributed by atoms with Gasteiger partial charge in [-0.3, -0.25) is 0 Å². The van der Waals surface area contributed by atoms with Crippen LogP contribution in [0.25, 0.3) is 100 Å². The minimum absolute atomic E-state index is 0.631. The van der Waals surface area contributed by atoms with Gasteiger partial charge in [-0.15, -0.1) is 0 Å². The fourth-order valence-electron chi connectivity index (χ4n) is 7.60. The molecule has 0 fully saturated rings. The second-order valence-corrected chi connectivity index (χ2v) is 13.1. The molecule has 0 saturated heterocycles. The standard InChI is InChI=1S/C48H28N4/c49-29-30-15-16-36-28-37(22-21-35(36)27-30)39-24-26-43-41-14-8-7-13-40(41)42-25-23-38(44(39)45(42)43)31-17-19-34(20-18-31)48-51-46(32-9-3-1-4-10-32)50-47(52-48)33-11-5-2-6-12-33/h1-28H. The van der Waals surface area contributed by atoms with E-state index in [1.165, 1.54) is 44.2 Å². The minimum Gasteiger partial charge on any atom is -0.208 e. The van der Waals surface area contributed by atoms with Crippen molar-refractivity contribution in [2.75, 3.05) is 0 Å². The van der Waals surface area contributed by atoms with Crippen molar-refractivity contribution in [2.45, 2.75) is 0 Å². The van der Waals surface area contributed by atoms with Gasteiger partial charge in [-0.05, 0) is 84.3 Å². The lowest BCUT2D eigenvalue weighted by molar-refractivity contribution is 1.07. The third-order valence-electron chi connectivity index (χ3n) is 10.1. The Balaban J connectivity index is 1.14. The number of nitrogens with zero attached hydrogens (tertiary/aromatic N) is 4. The second-order valence-electron chi connectivity index (χ2n) is 13.1. The van der Waals surface area contributed by atoms with Crippen LogP contribution in [0, 0.1) is 11.3 Å². The predicted octanol–water partition coefficient (Wildman–Crippen LogP) is 12.0. The summed E-state index contributed by atoms with van der Waals surface area (Å²) in [6, 6.07) is 61.2. The van der Waals surface area contributed by atoms with Crippen LogP contribution >= 0.6 is 0 Å². The molecule has 1 aliphatic carbocycles. The Kier molecular flexibility index (Phi) is 6.84. The molecule has 0 amide bonds. The van der Waals surface area contributed by atoms with Crippen LogP contribution in [0.2, 0.25) is 0 Å². The SMILES string of the molecule is N#Cc1ccc2cc(-c3ccc4c5c(ccc(-c6ccc(-c7nc(-c8ccccc8)nc(-c8ccccc8)n7)cc6)c35)-c3ccccc3-4)ccc2c1. The molecule has 1 aliphatic rings. The van der Waals surface area contributed by atoms with E-state index in [2.05, 4.69) is 97.1 Å². The molecular formula is C48H28N4. The highest BCUT2D eigenvalue weighted by Crippen LogP contribution is 2.52. The number of rotatable bonds is 5. The van der Waals surface area contributed by atoms with Gasteiger partial charge in [0.1, 0.15) is 0 Å². The van der Waals surface area contributed by atoms with Crippen LogP contribution < -0.4 is 0 Å². The molecule has 8 aromatic carbocycles. The Morgan fingerprint density at radius 3 is 1.33 bits per heavy atom. The summed E-state index contributed by atoms with van der Waals surface area (Å²) in [5.41, 5.74) is 13.1. The normalized spacial score (nSPS) is 11.4. The third kappa shape index (κ3) is 4.87.